The molecule has 0 aliphatic heterocycles. The number of nitrogens with zero attached hydrogens (tertiary/aromatic N) is 3. The monoisotopic (exact) mass is 381 g/mol. The molecule has 1 atom stereocenters. The van der Waals surface area contributed by atoms with Crippen LogP contribution in [-0.2, 0) is 6.54 Å². The minimum atomic E-state index is -4.51. The molecule has 0 spiro atoms. The van der Waals surface area contributed by atoms with Crippen LogP contribution < -0.4 is 5.56 Å². The Morgan fingerprint density at radius 2 is 1.93 bits per heavy atom. The summed E-state index contributed by atoms with van der Waals surface area (Å²) < 4.78 is 40.6. The van der Waals surface area contributed by atoms with Gasteiger partial charge in [0, 0.05) is 18.0 Å². The summed E-state index contributed by atoms with van der Waals surface area (Å²) in [6.45, 7) is 2.47. The third kappa shape index (κ3) is 4.14. The molecule has 5 nitrogen and oxygen atoms in total. The number of carbonyl (C=O) groups excluding carboxylic acids is 1. The largest absolute Gasteiger partial charge is 0.406 e. The molecule has 1 saturated carbocycles. The summed E-state index contributed by atoms with van der Waals surface area (Å²) in [5.41, 5.74) is -0.447. The Balaban J connectivity index is 2.11. The topological polar surface area (TPSA) is 55.2 Å². The van der Waals surface area contributed by atoms with Crippen molar-refractivity contribution in [3.05, 3.63) is 40.3 Å². The lowest BCUT2D eigenvalue weighted by Crippen LogP contribution is -2.46. The first-order valence-electron chi connectivity index (χ1n) is 9.10. The highest BCUT2D eigenvalue weighted by atomic mass is 19.4. The summed E-state index contributed by atoms with van der Waals surface area (Å²) in [6, 6.07) is 5.89. The first-order valence-corrected chi connectivity index (χ1v) is 9.10. The molecule has 8 heteroatoms. The van der Waals surface area contributed by atoms with E-state index in [4.69, 9.17) is 0 Å². The zero-order chi connectivity index (χ0) is 19.8. The van der Waals surface area contributed by atoms with Crippen molar-refractivity contribution in [3.8, 4) is 0 Å². The third-order valence-corrected chi connectivity index (χ3v) is 4.91. The van der Waals surface area contributed by atoms with Gasteiger partial charge in [0.15, 0.2) is 5.69 Å². The average molecular weight is 381 g/mol. The maximum absolute atomic E-state index is 13.1. The van der Waals surface area contributed by atoms with E-state index in [9.17, 15) is 22.8 Å². The van der Waals surface area contributed by atoms with Gasteiger partial charge in [-0.1, -0.05) is 25.1 Å². The second-order valence-electron chi connectivity index (χ2n) is 7.05. The molecule has 1 unspecified atom stereocenters. The van der Waals surface area contributed by atoms with Gasteiger partial charge in [-0.2, -0.15) is 18.3 Å². The highest BCUT2D eigenvalue weighted by Crippen LogP contribution is 2.37. The number of halogens is 3. The molecule has 0 radical (unpaired) electrons. The van der Waals surface area contributed by atoms with E-state index in [1.54, 1.807) is 31.2 Å². The van der Waals surface area contributed by atoms with E-state index in [0.717, 1.165) is 17.7 Å². The second-order valence-corrected chi connectivity index (χ2v) is 7.05. The zero-order valence-electron chi connectivity index (χ0n) is 15.3. The fourth-order valence-electron chi connectivity index (χ4n) is 3.32. The standard InChI is InChI=1S/C19H22F3N3O2/c1-3-10-25-17(26)15-7-5-4-6-14(15)16(23-25)18(27)24(11-19(20,21)22)12(2)13-8-9-13/h4-7,12-13H,3,8-11H2,1-2H3. The van der Waals surface area contributed by atoms with Crippen LogP contribution in [0.15, 0.2) is 29.1 Å². The molecule has 1 aliphatic rings. The van der Waals surface area contributed by atoms with Gasteiger partial charge in [-0.15, -0.1) is 0 Å². The zero-order valence-corrected chi connectivity index (χ0v) is 15.3. The van der Waals surface area contributed by atoms with Crippen LogP contribution in [0.1, 0.15) is 43.6 Å². The molecule has 1 aliphatic carbocycles. The summed E-state index contributed by atoms with van der Waals surface area (Å²) in [5, 5.41) is 4.72. The molecule has 27 heavy (non-hydrogen) atoms. The van der Waals surface area contributed by atoms with Crippen LogP contribution in [0.4, 0.5) is 13.2 Å². The van der Waals surface area contributed by atoms with Gasteiger partial charge < -0.3 is 4.90 Å². The van der Waals surface area contributed by atoms with Gasteiger partial charge in [0.1, 0.15) is 6.54 Å². The molecule has 1 aromatic carbocycles. The number of hydrogen-bond acceptors (Lipinski definition) is 3. The molecule has 1 heterocycles. The van der Waals surface area contributed by atoms with Crippen LogP contribution in [0.25, 0.3) is 10.8 Å². The first-order chi connectivity index (χ1) is 12.7. The average Bonchev–Trinajstić information content (AvgIpc) is 3.45. The lowest BCUT2D eigenvalue weighted by atomic mass is 10.1. The number of rotatable bonds is 6. The second kappa shape index (κ2) is 7.32. The molecule has 146 valence electrons. The van der Waals surface area contributed by atoms with Gasteiger partial charge in [-0.25, -0.2) is 4.68 Å². The van der Waals surface area contributed by atoms with E-state index in [1.807, 2.05) is 6.92 Å². The van der Waals surface area contributed by atoms with Crippen LogP contribution in [-0.4, -0.2) is 39.4 Å². The van der Waals surface area contributed by atoms with Gasteiger partial charge in [0.05, 0.1) is 5.39 Å². The van der Waals surface area contributed by atoms with E-state index >= 15 is 0 Å². The maximum Gasteiger partial charge on any atom is 0.406 e. The van der Waals surface area contributed by atoms with Crippen molar-refractivity contribution in [1.29, 1.82) is 0 Å². The number of fused-ring (bicyclic) bond motifs is 1. The fraction of sp³-hybridized carbons (Fsp3) is 0.526. The summed E-state index contributed by atoms with van der Waals surface area (Å²) in [7, 11) is 0. The van der Waals surface area contributed by atoms with Crippen LogP contribution in [0.3, 0.4) is 0 Å². The van der Waals surface area contributed by atoms with Crippen molar-refractivity contribution in [1.82, 2.24) is 14.7 Å². The maximum atomic E-state index is 13.1. The van der Waals surface area contributed by atoms with Crippen LogP contribution in [0.5, 0.6) is 0 Å². The SMILES string of the molecule is CCCn1nc(C(=O)N(CC(F)(F)F)C(C)C2CC2)c2ccccc2c1=O. The van der Waals surface area contributed by atoms with Crippen LogP contribution >= 0.6 is 0 Å². The number of aryl methyl sites for hydroxylation is 1. The number of benzene rings is 1. The predicted molar refractivity (Wildman–Crippen MR) is 95.6 cm³/mol. The molecule has 0 saturated heterocycles. The summed E-state index contributed by atoms with van der Waals surface area (Å²) in [4.78, 5) is 26.5. The Kier molecular flexibility index (Phi) is 5.26. The van der Waals surface area contributed by atoms with E-state index < -0.39 is 24.7 Å². The van der Waals surface area contributed by atoms with Gasteiger partial charge in [0.25, 0.3) is 11.5 Å². The number of aromatic nitrogens is 2. The molecular formula is C19H22F3N3O2. The van der Waals surface area contributed by atoms with E-state index in [2.05, 4.69) is 5.10 Å². The minimum absolute atomic E-state index is 0.0733. The number of amides is 1. The van der Waals surface area contributed by atoms with Crippen molar-refractivity contribution < 1.29 is 18.0 Å². The summed E-state index contributed by atoms with van der Waals surface area (Å²) >= 11 is 0. The van der Waals surface area contributed by atoms with Crippen LogP contribution in [0, 0.1) is 5.92 Å². The molecular weight excluding hydrogens is 359 g/mol. The Morgan fingerprint density at radius 3 is 2.48 bits per heavy atom. The molecule has 2 aromatic rings. The van der Waals surface area contributed by atoms with Crippen molar-refractivity contribution in [2.75, 3.05) is 6.54 Å². The summed E-state index contributed by atoms with van der Waals surface area (Å²) in [6.07, 6.45) is -2.27. The highest BCUT2D eigenvalue weighted by Gasteiger charge is 2.41. The Bertz CT molecular complexity index is 903. The van der Waals surface area contributed by atoms with Crippen molar-refractivity contribution >= 4 is 16.7 Å². The normalized spacial score (nSPS) is 15.7. The fourth-order valence-corrected chi connectivity index (χ4v) is 3.32. The van der Waals surface area contributed by atoms with E-state index in [1.165, 1.54) is 4.68 Å². The molecule has 1 aromatic heterocycles. The van der Waals surface area contributed by atoms with E-state index in [0.29, 0.717) is 13.0 Å². The Hall–Kier alpha value is -2.38. The van der Waals surface area contributed by atoms with E-state index in [-0.39, 0.29) is 27.9 Å². The minimum Gasteiger partial charge on any atom is -0.325 e. The van der Waals surface area contributed by atoms with Crippen molar-refractivity contribution in [2.45, 2.75) is 51.9 Å². The first kappa shape index (κ1) is 19.4. The van der Waals surface area contributed by atoms with Gasteiger partial charge in [-0.05, 0) is 38.2 Å². The highest BCUT2D eigenvalue weighted by molar-refractivity contribution is 6.04. The molecule has 0 N–H and O–H groups in total. The molecule has 0 bridgehead atoms. The van der Waals surface area contributed by atoms with Gasteiger partial charge in [-0.3, -0.25) is 9.59 Å². The Labute approximate surface area is 154 Å². The van der Waals surface area contributed by atoms with Crippen molar-refractivity contribution in [2.24, 2.45) is 5.92 Å². The molecule has 3 rings (SSSR count). The number of hydrogen-bond donors (Lipinski definition) is 0. The number of alkyl halides is 3. The smallest absolute Gasteiger partial charge is 0.325 e. The lowest BCUT2D eigenvalue weighted by Gasteiger charge is -2.30. The van der Waals surface area contributed by atoms with Crippen LogP contribution in [0.2, 0.25) is 0 Å². The third-order valence-electron chi connectivity index (χ3n) is 4.91. The summed E-state index contributed by atoms with van der Waals surface area (Å²) in [5.74, 6) is -0.711. The quantitative estimate of drug-likeness (QED) is 0.768. The van der Waals surface area contributed by atoms with Crippen molar-refractivity contribution in [3.63, 3.8) is 0 Å². The van der Waals surface area contributed by atoms with Gasteiger partial charge in [0.2, 0.25) is 0 Å². The van der Waals surface area contributed by atoms with Gasteiger partial charge >= 0.3 is 6.18 Å². The Morgan fingerprint density at radius 1 is 1.30 bits per heavy atom. The number of carbonyl (C=O) groups is 1. The lowest BCUT2D eigenvalue weighted by molar-refractivity contribution is -0.144. The predicted octanol–water partition coefficient (Wildman–Crippen LogP) is 3.61. The molecule has 1 fully saturated rings. The molecule has 1 amide bonds.